The highest BCUT2D eigenvalue weighted by atomic mass is 35.5. The van der Waals surface area contributed by atoms with Crippen LogP contribution in [0.5, 0.6) is 0 Å². The van der Waals surface area contributed by atoms with Gasteiger partial charge in [-0.1, -0.05) is 49.7 Å². The Morgan fingerprint density at radius 3 is 2.23 bits per heavy atom. The van der Waals surface area contributed by atoms with Crippen molar-refractivity contribution in [1.82, 2.24) is 5.32 Å². The molecule has 0 aromatic heterocycles. The van der Waals surface area contributed by atoms with Crippen LogP contribution in [0.2, 0.25) is 5.02 Å². The van der Waals surface area contributed by atoms with E-state index >= 15 is 0 Å². The molecule has 2 N–H and O–H groups in total. The van der Waals surface area contributed by atoms with Crippen molar-refractivity contribution in [2.75, 3.05) is 5.32 Å². The lowest BCUT2D eigenvalue weighted by molar-refractivity contribution is -0.125. The van der Waals surface area contributed by atoms with Gasteiger partial charge in [-0.05, 0) is 47.7 Å². The van der Waals surface area contributed by atoms with Gasteiger partial charge in [0, 0.05) is 17.3 Å². The Morgan fingerprint density at radius 1 is 1.00 bits per heavy atom. The molecule has 0 heterocycles. The van der Waals surface area contributed by atoms with Crippen LogP contribution in [0.25, 0.3) is 0 Å². The van der Waals surface area contributed by atoms with Gasteiger partial charge in [0.1, 0.15) is 0 Å². The fourth-order valence-corrected chi connectivity index (χ4v) is 3.01. The summed E-state index contributed by atoms with van der Waals surface area (Å²) >= 11 is 5.85. The van der Waals surface area contributed by atoms with E-state index in [-0.39, 0.29) is 23.7 Å². The first-order valence-electron chi connectivity index (χ1n) is 8.87. The summed E-state index contributed by atoms with van der Waals surface area (Å²) in [6.07, 6.45) is 0.600. The van der Waals surface area contributed by atoms with Crippen molar-refractivity contribution in [2.45, 2.75) is 32.7 Å². The predicted molar refractivity (Wildman–Crippen MR) is 104 cm³/mol. The molecule has 26 heavy (non-hydrogen) atoms. The first kappa shape index (κ1) is 18.5. The lowest BCUT2D eigenvalue weighted by Crippen LogP contribution is -2.27. The number of rotatable bonds is 6. The highest BCUT2D eigenvalue weighted by Crippen LogP contribution is 2.39. The number of anilines is 1. The molecule has 0 saturated heterocycles. The summed E-state index contributed by atoms with van der Waals surface area (Å²) < 4.78 is 0. The molecule has 2 unspecified atom stereocenters. The van der Waals surface area contributed by atoms with Crippen molar-refractivity contribution < 1.29 is 9.59 Å². The summed E-state index contributed by atoms with van der Waals surface area (Å²) in [5.74, 6) is -0.191. The van der Waals surface area contributed by atoms with Crippen LogP contribution in [0.4, 0.5) is 5.69 Å². The number of amides is 2. The molecule has 0 radical (unpaired) electrons. The minimum atomic E-state index is -0.245. The van der Waals surface area contributed by atoms with Gasteiger partial charge in [-0.15, -0.1) is 0 Å². The minimum absolute atomic E-state index is 0.0738. The molecule has 0 spiro atoms. The molecule has 2 atom stereocenters. The van der Waals surface area contributed by atoms with E-state index in [4.69, 9.17) is 11.6 Å². The van der Waals surface area contributed by atoms with Gasteiger partial charge in [-0.25, -0.2) is 0 Å². The third-order valence-electron chi connectivity index (χ3n) is 4.69. The monoisotopic (exact) mass is 370 g/mol. The zero-order valence-electron chi connectivity index (χ0n) is 15.0. The van der Waals surface area contributed by atoms with E-state index < -0.39 is 0 Å². The maximum absolute atomic E-state index is 12.3. The van der Waals surface area contributed by atoms with Crippen LogP contribution >= 0.6 is 11.6 Å². The van der Waals surface area contributed by atoms with Crippen molar-refractivity contribution >= 4 is 29.1 Å². The molecule has 1 aliphatic rings. The summed E-state index contributed by atoms with van der Waals surface area (Å²) in [6, 6.07) is 15.2. The zero-order valence-corrected chi connectivity index (χ0v) is 15.7. The second-order valence-electron chi connectivity index (χ2n) is 7.06. The molecule has 0 bridgehead atoms. The predicted octanol–water partition coefficient (Wildman–Crippen LogP) is 4.35. The molecule has 1 fully saturated rings. The van der Waals surface area contributed by atoms with Gasteiger partial charge in [0.25, 0.3) is 0 Å². The van der Waals surface area contributed by atoms with Crippen molar-refractivity contribution in [3.63, 3.8) is 0 Å². The van der Waals surface area contributed by atoms with Crippen LogP contribution in [0.15, 0.2) is 48.5 Å². The van der Waals surface area contributed by atoms with Gasteiger partial charge < -0.3 is 10.6 Å². The van der Waals surface area contributed by atoms with E-state index in [1.165, 1.54) is 5.56 Å². The van der Waals surface area contributed by atoms with Crippen LogP contribution < -0.4 is 10.6 Å². The van der Waals surface area contributed by atoms with Crippen LogP contribution in [0, 0.1) is 11.8 Å². The first-order valence-corrected chi connectivity index (χ1v) is 9.25. The molecule has 3 rings (SSSR count). The first-order chi connectivity index (χ1) is 12.4. The van der Waals surface area contributed by atoms with Crippen LogP contribution in [0.1, 0.15) is 37.3 Å². The van der Waals surface area contributed by atoms with E-state index in [9.17, 15) is 9.59 Å². The molecule has 2 aromatic rings. The van der Waals surface area contributed by atoms with E-state index in [1.54, 1.807) is 12.1 Å². The number of nitrogens with one attached hydrogen (secondary N) is 2. The van der Waals surface area contributed by atoms with Crippen molar-refractivity contribution in [3.8, 4) is 0 Å². The van der Waals surface area contributed by atoms with Gasteiger partial charge in [0.05, 0.1) is 11.8 Å². The Bertz CT molecular complexity index is 785. The van der Waals surface area contributed by atoms with Crippen molar-refractivity contribution in [2.24, 2.45) is 11.8 Å². The Kier molecular flexibility index (Phi) is 5.62. The molecule has 1 saturated carbocycles. The van der Waals surface area contributed by atoms with Crippen molar-refractivity contribution in [1.29, 1.82) is 0 Å². The number of carbonyl (C=O) groups is 2. The normalized spacial score (nSPS) is 18.5. The summed E-state index contributed by atoms with van der Waals surface area (Å²) in [4.78, 5) is 24.5. The molecule has 1 aliphatic carbocycles. The highest BCUT2D eigenvalue weighted by molar-refractivity contribution is 6.30. The smallest absolute Gasteiger partial charge is 0.228 e. The summed E-state index contributed by atoms with van der Waals surface area (Å²) in [5, 5.41) is 6.46. The summed E-state index contributed by atoms with van der Waals surface area (Å²) in [6.45, 7) is 4.70. The molecule has 4 nitrogen and oxygen atoms in total. The molecular weight excluding hydrogens is 348 g/mol. The molecule has 2 amide bonds. The Labute approximate surface area is 158 Å². The second kappa shape index (κ2) is 7.92. The standard InChI is InChI=1S/C21H23ClN2O2/c1-13(2)15-5-9-17(10-6-15)24-21(26)19-11-18(19)20(25)23-12-14-3-7-16(22)8-4-14/h3-10,13,18-19H,11-12H2,1-2H3,(H,23,25)(H,24,26). The minimum Gasteiger partial charge on any atom is -0.352 e. The van der Waals surface area contributed by atoms with Gasteiger partial charge in [0.2, 0.25) is 11.8 Å². The lowest BCUT2D eigenvalue weighted by Gasteiger charge is -2.09. The fraction of sp³-hybridized carbons (Fsp3) is 0.333. The molecule has 2 aromatic carbocycles. The largest absolute Gasteiger partial charge is 0.352 e. The zero-order chi connectivity index (χ0) is 18.7. The van der Waals surface area contributed by atoms with E-state index in [2.05, 4.69) is 24.5 Å². The van der Waals surface area contributed by atoms with Gasteiger partial charge in [0.15, 0.2) is 0 Å². The average molecular weight is 371 g/mol. The topological polar surface area (TPSA) is 58.2 Å². The molecule has 0 aliphatic heterocycles. The SMILES string of the molecule is CC(C)c1ccc(NC(=O)C2CC2C(=O)NCc2ccc(Cl)cc2)cc1. The average Bonchev–Trinajstić information content (AvgIpc) is 3.42. The van der Waals surface area contributed by atoms with Crippen LogP contribution in [0.3, 0.4) is 0 Å². The Balaban J connectivity index is 1.47. The van der Waals surface area contributed by atoms with E-state index in [0.29, 0.717) is 23.9 Å². The molecule has 136 valence electrons. The number of hydrogen-bond donors (Lipinski definition) is 2. The third-order valence-corrected chi connectivity index (χ3v) is 4.94. The lowest BCUT2D eigenvalue weighted by atomic mass is 10.0. The van der Waals surface area contributed by atoms with Crippen molar-refractivity contribution in [3.05, 3.63) is 64.7 Å². The van der Waals surface area contributed by atoms with Gasteiger partial charge in [-0.3, -0.25) is 9.59 Å². The number of carbonyl (C=O) groups excluding carboxylic acids is 2. The molecular formula is C21H23ClN2O2. The van der Waals surface area contributed by atoms with Crippen LogP contribution in [-0.2, 0) is 16.1 Å². The number of benzene rings is 2. The summed E-state index contributed by atoms with van der Waals surface area (Å²) in [7, 11) is 0. The van der Waals surface area contributed by atoms with Gasteiger partial charge >= 0.3 is 0 Å². The second-order valence-corrected chi connectivity index (χ2v) is 7.50. The molecule has 5 heteroatoms. The van der Waals surface area contributed by atoms with E-state index in [1.807, 2.05) is 36.4 Å². The third kappa shape index (κ3) is 4.64. The maximum Gasteiger partial charge on any atom is 0.228 e. The highest BCUT2D eigenvalue weighted by Gasteiger charge is 2.47. The quantitative estimate of drug-likeness (QED) is 0.793. The maximum atomic E-state index is 12.3. The van der Waals surface area contributed by atoms with E-state index in [0.717, 1.165) is 11.3 Å². The Morgan fingerprint density at radius 2 is 1.62 bits per heavy atom. The number of halogens is 1. The fourth-order valence-electron chi connectivity index (χ4n) is 2.88. The summed E-state index contributed by atoms with van der Waals surface area (Å²) in [5.41, 5.74) is 2.98. The van der Waals surface area contributed by atoms with Gasteiger partial charge in [-0.2, -0.15) is 0 Å². The van der Waals surface area contributed by atoms with Crippen LogP contribution in [-0.4, -0.2) is 11.8 Å². The Hall–Kier alpha value is -2.33. The number of hydrogen-bond acceptors (Lipinski definition) is 2.